The molecule has 4 rings (SSSR count). The van der Waals surface area contributed by atoms with Gasteiger partial charge < -0.3 is 14.2 Å². The van der Waals surface area contributed by atoms with Gasteiger partial charge in [-0.1, -0.05) is 42.3 Å². The molecule has 1 aliphatic rings. The molecule has 1 saturated heterocycles. The monoisotopic (exact) mass is 396 g/mol. The van der Waals surface area contributed by atoms with E-state index in [-0.39, 0.29) is 11.9 Å². The van der Waals surface area contributed by atoms with Crippen LogP contribution in [0.2, 0.25) is 0 Å². The van der Waals surface area contributed by atoms with E-state index >= 15 is 0 Å². The Labute approximate surface area is 168 Å². The van der Waals surface area contributed by atoms with Crippen LogP contribution in [0.5, 0.6) is 5.75 Å². The number of likely N-dealkylation sites (tertiary alicyclic amines) is 1. The van der Waals surface area contributed by atoms with Crippen LogP contribution >= 0.6 is 11.3 Å². The molecule has 0 spiro atoms. The van der Waals surface area contributed by atoms with Crippen molar-refractivity contribution in [2.24, 2.45) is 0 Å². The fraction of sp³-hybridized carbons (Fsp3) is 0.364. The van der Waals surface area contributed by atoms with E-state index in [9.17, 15) is 4.79 Å². The number of benzene rings is 1. The number of nitrogens with zero attached hydrogens (tertiary/aromatic N) is 2. The van der Waals surface area contributed by atoms with Crippen LogP contribution in [0.15, 0.2) is 52.4 Å². The summed E-state index contributed by atoms with van der Waals surface area (Å²) in [4.78, 5) is 16.3. The number of amides is 1. The van der Waals surface area contributed by atoms with Crippen molar-refractivity contribution in [3.05, 3.63) is 59.1 Å². The molecule has 1 aromatic carbocycles. The second-order valence-electron chi connectivity index (χ2n) is 7.03. The molecule has 0 saturated carbocycles. The molecule has 5 nitrogen and oxygen atoms in total. The number of ether oxygens (including phenoxy) is 1. The Bertz CT molecular complexity index is 920. The highest BCUT2D eigenvalue weighted by atomic mass is 32.1. The molecular weight excluding hydrogens is 372 g/mol. The van der Waals surface area contributed by atoms with E-state index < -0.39 is 0 Å². The van der Waals surface area contributed by atoms with Gasteiger partial charge in [0.05, 0.1) is 24.4 Å². The summed E-state index contributed by atoms with van der Waals surface area (Å²) in [5.74, 6) is 1.63. The molecule has 1 aliphatic heterocycles. The molecular formula is C22H24N2O3S. The lowest BCUT2D eigenvalue weighted by Gasteiger charge is -2.29. The van der Waals surface area contributed by atoms with Crippen LogP contribution in [0, 0.1) is 0 Å². The first kappa shape index (κ1) is 18.7. The highest BCUT2D eigenvalue weighted by Gasteiger charge is 2.29. The number of hydrogen-bond acceptors (Lipinski definition) is 5. The zero-order valence-corrected chi connectivity index (χ0v) is 16.8. The average Bonchev–Trinajstić information content (AvgIpc) is 3.36. The molecule has 2 aromatic heterocycles. The molecule has 0 aliphatic carbocycles. The summed E-state index contributed by atoms with van der Waals surface area (Å²) in [6.45, 7) is 0.750. The quantitative estimate of drug-likeness (QED) is 0.602. The third-order valence-corrected chi connectivity index (χ3v) is 6.13. The zero-order valence-electron chi connectivity index (χ0n) is 16.0. The summed E-state index contributed by atoms with van der Waals surface area (Å²) in [5.41, 5.74) is 1.76. The smallest absolute Gasteiger partial charge is 0.227 e. The molecule has 28 heavy (non-hydrogen) atoms. The Morgan fingerprint density at radius 1 is 1.25 bits per heavy atom. The van der Waals surface area contributed by atoms with E-state index in [1.807, 2.05) is 52.7 Å². The molecule has 3 heterocycles. The molecule has 1 atom stereocenters. The lowest BCUT2D eigenvalue weighted by molar-refractivity contribution is -0.133. The predicted octanol–water partition coefficient (Wildman–Crippen LogP) is 5.10. The van der Waals surface area contributed by atoms with Gasteiger partial charge in [0.25, 0.3) is 0 Å². The average molecular weight is 397 g/mol. The highest BCUT2D eigenvalue weighted by molar-refractivity contribution is 7.13. The standard InChI is InChI=1S/C22H24N2O3S/c1-26-19-10-5-4-8-16(19)14-22(25)24-12-6-2-3-9-18(24)17-15-20(27-23-17)21-11-7-13-28-21/h4-5,7-8,10-11,13,15,18H,2-3,6,9,12,14H2,1H3/t18-/m1/s1. The first-order valence-corrected chi connectivity index (χ1v) is 10.6. The predicted molar refractivity (Wildman–Crippen MR) is 109 cm³/mol. The van der Waals surface area contributed by atoms with Crippen LogP contribution in [-0.4, -0.2) is 29.6 Å². The van der Waals surface area contributed by atoms with Crippen molar-refractivity contribution in [2.45, 2.75) is 38.1 Å². The number of thiophene rings is 1. The maximum Gasteiger partial charge on any atom is 0.227 e. The Morgan fingerprint density at radius 3 is 2.96 bits per heavy atom. The number of carbonyl (C=O) groups excluding carboxylic acids is 1. The summed E-state index contributed by atoms with van der Waals surface area (Å²) in [7, 11) is 1.64. The van der Waals surface area contributed by atoms with E-state index in [4.69, 9.17) is 9.26 Å². The summed E-state index contributed by atoms with van der Waals surface area (Å²) in [6.07, 6.45) is 4.48. The lowest BCUT2D eigenvalue weighted by Crippen LogP contribution is -2.36. The first-order valence-electron chi connectivity index (χ1n) is 9.68. The Morgan fingerprint density at radius 2 is 2.14 bits per heavy atom. The van der Waals surface area contributed by atoms with Crippen molar-refractivity contribution >= 4 is 17.2 Å². The summed E-state index contributed by atoms with van der Waals surface area (Å²) >= 11 is 1.62. The van der Waals surface area contributed by atoms with Gasteiger partial charge in [0.15, 0.2) is 5.76 Å². The number of hydrogen-bond donors (Lipinski definition) is 0. The minimum atomic E-state index is -0.0397. The molecule has 1 amide bonds. The van der Waals surface area contributed by atoms with Gasteiger partial charge in [-0.15, -0.1) is 11.3 Å². The van der Waals surface area contributed by atoms with Crippen LogP contribution < -0.4 is 4.74 Å². The second-order valence-corrected chi connectivity index (χ2v) is 7.98. The number of methoxy groups -OCH3 is 1. The molecule has 3 aromatic rings. The lowest BCUT2D eigenvalue weighted by atomic mass is 10.0. The Kier molecular flexibility index (Phi) is 5.76. The highest BCUT2D eigenvalue weighted by Crippen LogP contribution is 2.34. The van der Waals surface area contributed by atoms with Gasteiger partial charge in [-0.05, 0) is 30.4 Å². The number of carbonyl (C=O) groups is 1. The van der Waals surface area contributed by atoms with Crippen LogP contribution in [-0.2, 0) is 11.2 Å². The third kappa shape index (κ3) is 3.97. The largest absolute Gasteiger partial charge is 0.496 e. The molecule has 0 unspecified atom stereocenters. The van der Waals surface area contributed by atoms with E-state index in [2.05, 4.69) is 5.16 Å². The Hall–Kier alpha value is -2.60. The minimum absolute atomic E-state index is 0.0397. The first-order chi connectivity index (χ1) is 13.8. The number of para-hydroxylation sites is 1. The fourth-order valence-corrected chi connectivity index (χ4v) is 4.48. The van der Waals surface area contributed by atoms with Crippen LogP contribution in [0.3, 0.4) is 0 Å². The van der Waals surface area contributed by atoms with E-state index in [0.29, 0.717) is 6.42 Å². The van der Waals surface area contributed by atoms with E-state index in [1.165, 1.54) is 0 Å². The van der Waals surface area contributed by atoms with E-state index in [0.717, 1.165) is 59.9 Å². The molecule has 6 heteroatoms. The maximum atomic E-state index is 13.2. The van der Waals surface area contributed by atoms with Crippen LogP contribution in [0.25, 0.3) is 10.6 Å². The van der Waals surface area contributed by atoms with Crippen molar-refractivity contribution in [2.75, 3.05) is 13.7 Å². The van der Waals surface area contributed by atoms with E-state index in [1.54, 1.807) is 18.4 Å². The fourth-order valence-electron chi connectivity index (χ4n) is 3.81. The maximum absolute atomic E-state index is 13.2. The van der Waals surface area contributed by atoms with Crippen LogP contribution in [0.1, 0.15) is 43.0 Å². The van der Waals surface area contributed by atoms with Gasteiger partial charge >= 0.3 is 0 Å². The summed E-state index contributed by atoms with van der Waals surface area (Å²) in [5, 5.41) is 6.34. The van der Waals surface area contributed by atoms with Gasteiger partial charge in [-0.2, -0.15) is 0 Å². The third-order valence-electron chi connectivity index (χ3n) is 5.24. The zero-order chi connectivity index (χ0) is 19.3. The summed E-state index contributed by atoms with van der Waals surface area (Å²) in [6, 6.07) is 13.7. The van der Waals surface area contributed by atoms with Crippen molar-refractivity contribution in [3.8, 4) is 16.4 Å². The molecule has 146 valence electrons. The SMILES string of the molecule is COc1ccccc1CC(=O)N1CCCCC[C@@H]1c1cc(-c2cccs2)on1. The van der Waals surface area contributed by atoms with Gasteiger partial charge in [-0.25, -0.2) is 0 Å². The second kappa shape index (κ2) is 8.61. The summed E-state index contributed by atoms with van der Waals surface area (Å²) < 4.78 is 11.0. The molecule has 0 radical (unpaired) electrons. The van der Waals surface area contributed by atoms with Gasteiger partial charge in [0, 0.05) is 18.2 Å². The number of aromatic nitrogens is 1. The molecule has 0 bridgehead atoms. The van der Waals surface area contributed by atoms with Crippen molar-refractivity contribution in [3.63, 3.8) is 0 Å². The Balaban J connectivity index is 1.57. The van der Waals surface area contributed by atoms with Crippen LogP contribution in [0.4, 0.5) is 0 Å². The molecule has 0 N–H and O–H groups in total. The van der Waals surface area contributed by atoms with Gasteiger partial charge in [0.2, 0.25) is 5.91 Å². The van der Waals surface area contributed by atoms with Crippen molar-refractivity contribution < 1.29 is 14.1 Å². The number of rotatable bonds is 5. The minimum Gasteiger partial charge on any atom is -0.496 e. The van der Waals surface area contributed by atoms with Crippen molar-refractivity contribution in [1.82, 2.24) is 10.1 Å². The van der Waals surface area contributed by atoms with Gasteiger partial charge in [0.1, 0.15) is 11.4 Å². The van der Waals surface area contributed by atoms with Crippen molar-refractivity contribution in [1.29, 1.82) is 0 Å². The normalized spacial score (nSPS) is 17.3. The van der Waals surface area contributed by atoms with Gasteiger partial charge in [-0.3, -0.25) is 4.79 Å². The topological polar surface area (TPSA) is 55.6 Å². The molecule has 1 fully saturated rings.